The molecule has 1 amide bonds. The third-order valence-corrected chi connectivity index (χ3v) is 5.29. The molecule has 4 rings (SSSR count). The van der Waals surface area contributed by atoms with Gasteiger partial charge in [0.2, 0.25) is 0 Å². The first-order valence-corrected chi connectivity index (χ1v) is 9.48. The minimum atomic E-state index is 0.114. The van der Waals surface area contributed by atoms with Gasteiger partial charge < -0.3 is 9.47 Å². The van der Waals surface area contributed by atoms with Crippen molar-refractivity contribution in [3.05, 3.63) is 70.7 Å². The van der Waals surface area contributed by atoms with Crippen LogP contribution in [0.5, 0.6) is 0 Å². The van der Waals surface area contributed by atoms with Crippen molar-refractivity contribution < 1.29 is 4.79 Å². The smallest absolute Gasteiger partial charge is 0.253 e. The molecule has 1 unspecified atom stereocenters. The Bertz CT molecular complexity index is 828. The van der Waals surface area contributed by atoms with E-state index in [1.165, 1.54) is 0 Å². The Morgan fingerprint density at radius 2 is 2.12 bits per heavy atom. The first-order valence-electron chi connectivity index (χ1n) is 8.53. The lowest BCUT2D eigenvalue weighted by molar-refractivity contribution is 0.0703. The van der Waals surface area contributed by atoms with Crippen LogP contribution in [0.2, 0.25) is 0 Å². The number of thiazole rings is 1. The lowest BCUT2D eigenvalue weighted by Crippen LogP contribution is -2.39. The van der Waals surface area contributed by atoms with E-state index in [4.69, 9.17) is 0 Å². The maximum absolute atomic E-state index is 12.7. The summed E-state index contributed by atoms with van der Waals surface area (Å²) in [6, 6.07) is 9.53. The number of rotatable bonds is 4. The average molecular weight is 352 g/mol. The van der Waals surface area contributed by atoms with Gasteiger partial charge in [0.15, 0.2) is 0 Å². The Morgan fingerprint density at radius 3 is 2.92 bits per heavy atom. The molecule has 1 aromatic carbocycles. The number of aromatic nitrogens is 3. The number of hydrogen-bond acceptors (Lipinski definition) is 4. The van der Waals surface area contributed by atoms with Crippen molar-refractivity contribution in [2.45, 2.75) is 25.3 Å². The average Bonchev–Trinajstić information content (AvgIpc) is 3.34. The molecule has 1 saturated heterocycles. The van der Waals surface area contributed by atoms with Gasteiger partial charge in [-0.05, 0) is 25.0 Å². The van der Waals surface area contributed by atoms with Crippen molar-refractivity contribution in [2.24, 2.45) is 0 Å². The summed E-state index contributed by atoms with van der Waals surface area (Å²) in [5.41, 5.74) is 3.67. The molecule has 0 spiro atoms. The summed E-state index contributed by atoms with van der Waals surface area (Å²) in [6.45, 7) is 2.28. The third kappa shape index (κ3) is 3.49. The maximum atomic E-state index is 12.7. The van der Waals surface area contributed by atoms with Crippen LogP contribution in [0.25, 0.3) is 0 Å². The minimum Gasteiger partial charge on any atom is -0.338 e. The molecule has 5 nitrogen and oxygen atoms in total. The van der Waals surface area contributed by atoms with Gasteiger partial charge in [0.25, 0.3) is 5.91 Å². The molecular weight excluding hydrogens is 332 g/mol. The molecule has 2 aromatic heterocycles. The maximum Gasteiger partial charge on any atom is 0.253 e. The van der Waals surface area contributed by atoms with Gasteiger partial charge in [-0.15, -0.1) is 11.3 Å². The Hall–Kier alpha value is -2.47. The van der Waals surface area contributed by atoms with E-state index < -0.39 is 0 Å². The van der Waals surface area contributed by atoms with E-state index in [-0.39, 0.29) is 11.8 Å². The fourth-order valence-electron chi connectivity index (χ4n) is 3.44. The first kappa shape index (κ1) is 16.0. The number of carbonyl (C=O) groups is 1. The largest absolute Gasteiger partial charge is 0.338 e. The summed E-state index contributed by atoms with van der Waals surface area (Å²) in [5, 5.41) is 2.07. The Labute approximate surface area is 151 Å². The monoisotopic (exact) mass is 352 g/mol. The van der Waals surface area contributed by atoms with Gasteiger partial charge in [-0.2, -0.15) is 0 Å². The fourth-order valence-corrected chi connectivity index (χ4v) is 3.99. The molecule has 1 aliphatic heterocycles. The molecule has 0 radical (unpaired) electrons. The standard InChI is InChI=1S/C19H20N4OS/c24-19(15-5-2-1-3-6-15)23-9-4-7-16(11-23)18-20-8-10-22(18)12-17-13-25-14-21-17/h1-3,5-6,8,10,13-14,16H,4,7,9,11-12H2. The lowest BCUT2D eigenvalue weighted by atomic mass is 9.96. The highest BCUT2D eigenvalue weighted by atomic mass is 32.1. The van der Waals surface area contributed by atoms with Crippen LogP contribution in [0.3, 0.4) is 0 Å². The van der Waals surface area contributed by atoms with Crippen LogP contribution in [0.1, 0.15) is 40.6 Å². The molecule has 0 N–H and O–H groups in total. The van der Waals surface area contributed by atoms with E-state index in [0.29, 0.717) is 0 Å². The molecule has 128 valence electrons. The number of hydrogen-bond donors (Lipinski definition) is 0. The van der Waals surface area contributed by atoms with Gasteiger partial charge in [-0.25, -0.2) is 9.97 Å². The topological polar surface area (TPSA) is 51.0 Å². The van der Waals surface area contributed by atoms with Crippen LogP contribution in [0.4, 0.5) is 0 Å². The number of imidazole rings is 1. The third-order valence-electron chi connectivity index (χ3n) is 4.66. The van der Waals surface area contributed by atoms with Crippen molar-refractivity contribution in [2.75, 3.05) is 13.1 Å². The van der Waals surface area contributed by atoms with E-state index in [1.807, 2.05) is 53.1 Å². The predicted molar refractivity (Wildman–Crippen MR) is 97.8 cm³/mol. The van der Waals surface area contributed by atoms with Crippen molar-refractivity contribution in [1.82, 2.24) is 19.4 Å². The Kier molecular flexibility index (Phi) is 4.61. The van der Waals surface area contributed by atoms with Crippen LogP contribution in [0.15, 0.2) is 53.6 Å². The summed E-state index contributed by atoms with van der Waals surface area (Å²) in [7, 11) is 0. The second-order valence-corrected chi connectivity index (χ2v) is 7.07. The van der Waals surface area contributed by atoms with Crippen molar-refractivity contribution in [3.8, 4) is 0 Å². The van der Waals surface area contributed by atoms with Gasteiger partial charge in [0.1, 0.15) is 5.82 Å². The van der Waals surface area contributed by atoms with Crippen LogP contribution in [-0.2, 0) is 6.54 Å². The second-order valence-electron chi connectivity index (χ2n) is 6.35. The number of piperidine rings is 1. The highest BCUT2D eigenvalue weighted by Crippen LogP contribution is 2.27. The fraction of sp³-hybridized carbons (Fsp3) is 0.316. The molecule has 1 fully saturated rings. The molecular formula is C19H20N4OS. The number of benzene rings is 1. The molecule has 1 aliphatic rings. The van der Waals surface area contributed by atoms with Gasteiger partial charge in [-0.3, -0.25) is 4.79 Å². The molecule has 6 heteroatoms. The zero-order valence-corrected chi connectivity index (χ0v) is 14.7. The van der Waals surface area contributed by atoms with Crippen molar-refractivity contribution in [3.63, 3.8) is 0 Å². The van der Waals surface area contributed by atoms with Crippen LogP contribution >= 0.6 is 11.3 Å². The lowest BCUT2D eigenvalue weighted by Gasteiger charge is -2.32. The molecule has 0 bridgehead atoms. The van der Waals surface area contributed by atoms with Crippen LogP contribution in [0, 0.1) is 0 Å². The van der Waals surface area contributed by atoms with E-state index in [2.05, 4.69) is 19.9 Å². The summed E-state index contributed by atoms with van der Waals surface area (Å²) >= 11 is 1.61. The summed E-state index contributed by atoms with van der Waals surface area (Å²) < 4.78 is 2.16. The molecule has 3 aromatic rings. The van der Waals surface area contributed by atoms with Crippen LogP contribution < -0.4 is 0 Å². The summed E-state index contributed by atoms with van der Waals surface area (Å²) in [5.74, 6) is 1.44. The molecule has 3 heterocycles. The molecule has 1 atom stereocenters. The molecule has 0 aliphatic carbocycles. The quantitative estimate of drug-likeness (QED) is 0.723. The van der Waals surface area contributed by atoms with Gasteiger partial charge in [0, 0.05) is 42.3 Å². The number of carbonyl (C=O) groups excluding carboxylic acids is 1. The molecule has 0 saturated carbocycles. The number of nitrogens with zero attached hydrogens (tertiary/aromatic N) is 4. The normalized spacial score (nSPS) is 17.6. The van der Waals surface area contributed by atoms with Crippen molar-refractivity contribution in [1.29, 1.82) is 0 Å². The Balaban J connectivity index is 1.50. The SMILES string of the molecule is O=C(c1ccccc1)N1CCCC(c2nccn2Cc2cscn2)C1. The van der Waals surface area contributed by atoms with Gasteiger partial charge in [-0.1, -0.05) is 18.2 Å². The number of likely N-dealkylation sites (tertiary alicyclic amines) is 1. The van der Waals surface area contributed by atoms with Gasteiger partial charge in [0.05, 0.1) is 17.7 Å². The summed E-state index contributed by atoms with van der Waals surface area (Å²) in [6.07, 6.45) is 5.92. The zero-order valence-electron chi connectivity index (χ0n) is 13.9. The van der Waals surface area contributed by atoms with E-state index >= 15 is 0 Å². The first-order chi connectivity index (χ1) is 12.3. The van der Waals surface area contributed by atoms with E-state index in [0.717, 1.165) is 49.6 Å². The number of amides is 1. The van der Waals surface area contributed by atoms with E-state index in [9.17, 15) is 4.79 Å². The van der Waals surface area contributed by atoms with Crippen molar-refractivity contribution >= 4 is 17.2 Å². The summed E-state index contributed by atoms with van der Waals surface area (Å²) in [4.78, 5) is 23.7. The highest BCUT2D eigenvalue weighted by Gasteiger charge is 2.28. The van der Waals surface area contributed by atoms with Crippen LogP contribution in [-0.4, -0.2) is 38.4 Å². The zero-order chi connectivity index (χ0) is 17.1. The van der Waals surface area contributed by atoms with Gasteiger partial charge >= 0.3 is 0 Å². The Morgan fingerprint density at radius 1 is 1.24 bits per heavy atom. The van der Waals surface area contributed by atoms with E-state index in [1.54, 1.807) is 11.3 Å². The molecule has 25 heavy (non-hydrogen) atoms. The predicted octanol–water partition coefficient (Wildman–Crippen LogP) is 3.41. The second kappa shape index (κ2) is 7.19. The minimum absolute atomic E-state index is 0.114. The highest BCUT2D eigenvalue weighted by molar-refractivity contribution is 7.07.